The molecule has 0 saturated heterocycles. The maximum atomic E-state index is 11.3. The Balaban J connectivity index is 1.87. The Morgan fingerprint density at radius 1 is 1.07 bits per heavy atom. The standard InChI is InChI=1S/C24H21N3O2S/c1-3-17(23(28)29)14-20-15-30-24(25-20)27-22(19-12-8-5-9-13-19)16(2)21(26-27)18-10-6-4-7-11-18/h4-15H,3H2,1-2H3,(H,28,29)/b17-14+. The molecule has 2 aromatic carbocycles. The molecule has 0 amide bonds. The Morgan fingerprint density at radius 2 is 1.70 bits per heavy atom. The molecule has 0 atom stereocenters. The summed E-state index contributed by atoms with van der Waals surface area (Å²) >= 11 is 1.44. The van der Waals surface area contributed by atoms with Gasteiger partial charge in [-0.05, 0) is 19.4 Å². The predicted octanol–water partition coefficient (Wildman–Crippen LogP) is 5.85. The molecule has 4 aromatic rings. The molecule has 5 nitrogen and oxygen atoms in total. The number of hydrogen-bond acceptors (Lipinski definition) is 4. The second-order valence-corrected chi connectivity index (χ2v) is 7.69. The maximum Gasteiger partial charge on any atom is 0.331 e. The van der Waals surface area contributed by atoms with Crippen LogP contribution in [0.4, 0.5) is 0 Å². The third-order valence-corrected chi connectivity index (χ3v) is 5.72. The summed E-state index contributed by atoms with van der Waals surface area (Å²) in [5.41, 5.74) is 6.01. The van der Waals surface area contributed by atoms with Crippen molar-refractivity contribution in [2.45, 2.75) is 20.3 Å². The summed E-state index contributed by atoms with van der Waals surface area (Å²) in [4.78, 5) is 16.0. The molecule has 0 radical (unpaired) electrons. The van der Waals surface area contributed by atoms with Crippen molar-refractivity contribution in [3.8, 4) is 27.6 Å². The largest absolute Gasteiger partial charge is 0.478 e. The quantitative estimate of drug-likeness (QED) is 0.401. The molecule has 0 fully saturated rings. The summed E-state index contributed by atoms with van der Waals surface area (Å²) in [6, 6.07) is 20.2. The molecule has 0 aliphatic rings. The fourth-order valence-corrected chi connectivity index (χ4v) is 4.11. The van der Waals surface area contributed by atoms with Gasteiger partial charge in [0.15, 0.2) is 0 Å². The van der Waals surface area contributed by atoms with Crippen LogP contribution in [0.1, 0.15) is 24.6 Å². The van der Waals surface area contributed by atoms with Gasteiger partial charge in [0.1, 0.15) is 0 Å². The minimum atomic E-state index is -0.918. The van der Waals surface area contributed by atoms with Crippen LogP contribution in [0.3, 0.4) is 0 Å². The van der Waals surface area contributed by atoms with Gasteiger partial charge in [-0.25, -0.2) is 14.5 Å². The summed E-state index contributed by atoms with van der Waals surface area (Å²) in [5.74, 6) is -0.918. The van der Waals surface area contributed by atoms with Gasteiger partial charge in [-0.3, -0.25) is 0 Å². The fraction of sp³-hybridized carbons (Fsp3) is 0.125. The highest BCUT2D eigenvalue weighted by atomic mass is 32.1. The van der Waals surface area contributed by atoms with Gasteiger partial charge in [0, 0.05) is 27.6 Å². The number of carbonyl (C=O) groups is 1. The third-order valence-electron chi connectivity index (χ3n) is 4.89. The number of benzene rings is 2. The number of nitrogens with zero attached hydrogens (tertiary/aromatic N) is 3. The minimum absolute atomic E-state index is 0.330. The highest BCUT2D eigenvalue weighted by Crippen LogP contribution is 2.34. The Morgan fingerprint density at radius 3 is 2.30 bits per heavy atom. The number of thiazole rings is 1. The Labute approximate surface area is 179 Å². The minimum Gasteiger partial charge on any atom is -0.478 e. The monoisotopic (exact) mass is 415 g/mol. The number of carboxylic acids is 1. The highest BCUT2D eigenvalue weighted by molar-refractivity contribution is 7.12. The molecule has 0 spiro atoms. The highest BCUT2D eigenvalue weighted by Gasteiger charge is 2.20. The van der Waals surface area contributed by atoms with Crippen molar-refractivity contribution in [3.05, 3.63) is 82.9 Å². The first-order valence-electron chi connectivity index (χ1n) is 9.68. The van der Waals surface area contributed by atoms with Gasteiger partial charge in [-0.15, -0.1) is 11.3 Å². The van der Waals surface area contributed by atoms with E-state index >= 15 is 0 Å². The van der Waals surface area contributed by atoms with Crippen LogP contribution in [0.15, 0.2) is 71.6 Å². The molecule has 0 aliphatic heterocycles. The van der Waals surface area contributed by atoms with Gasteiger partial charge in [0.2, 0.25) is 5.13 Å². The smallest absolute Gasteiger partial charge is 0.331 e. The van der Waals surface area contributed by atoms with Crippen LogP contribution in [0.25, 0.3) is 33.7 Å². The number of rotatable bonds is 6. The first-order chi connectivity index (χ1) is 14.6. The van der Waals surface area contributed by atoms with Gasteiger partial charge in [-0.1, -0.05) is 67.6 Å². The first-order valence-corrected chi connectivity index (χ1v) is 10.6. The van der Waals surface area contributed by atoms with Crippen LogP contribution in [-0.4, -0.2) is 25.8 Å². The van der Waals surface area contributed by atoms with E-state index in [9.17, 15) is 9.90 Å². The maximum absolute atomic E-state index is 11.3. The zero-order valence-corrected chi connectivity index (χ0v) is 17.6. The van der Waals surface area contributed by atoms with Crippen LogP contribution in [0, 0.1) is 6.92 Å². The molecule has 6 heteroatoms. The van der Waals surface area contributed by atoms with Gasteiger partial charge < -0.3 is 5.11 Å². The lowest BCUT2D eigenvalue weighted by molar-refractivity contribution is -0.132. The van der Waals surface area contributed by atoms with Crippen LogP contribution in [-0.2, 0) is 4.79 Å². The SMILES string of the molecule is CC/C(=C\c1csc(-n2nc(-c3ccccc3)c(C)c2-c2ccccc2)n1)C(=O)O. The normalized spacial score (nSPS) is 11.6. The fourth-order valence-electron chi connectivity index (χ4n) is 3.37. The lowest BCUT2D eigenvalue weighted by Crippen LogP contribution is -2.00. The Kier molecular flexibility index (Phi) is 5.59. The van der Waals surface area contributed by atoms with Crippen molar-refractivity contribution >= 4 is 23.4 Å². The van der Waals surface area contributed by atoms with Crippen molar-refractivity contribution in [1.82, 2.24) is 14.8 Å². The number of aromatic nitrogens is 3. The van der Waals surface area contributed by atoms with E-state index in [-0.39, 0.29) is 0 Å². The average Bonchev–Trinajstić information content (AvgIpc) is 3.37. The number of hydrogen-bond donors (Lipinski definition) is 1. The summed E-state index contributed by atoms with van der Waals surface area (Å²) in [7, 11) is 0. The second-order valence-electron chi connectivity index (χ2n) is 6.85. The van der Waals surface area contributed by atoms with Crippen molar-refractivity contribution in [2.24, 2.45) is 0 Å². The summed E-state index contributed by atoms with van der Waals surface area (Å²) < 4.78 is 1.86. The van der Waals surface area contributed by atoms with Crippen molar-refractivity contribution in [2.75, 3.05) is 0 Å². The first kappa shape index (κ1) is 19.8. The predicted molar refractivity (Wildman–Crippen MR) is 121 cm³/mol. The van der Waals surface area contributed by atoms with Crippen LogP contribution >= 0.6 is 11.3 Å². The van der Waals surface area contributed by atoms with Crippen LogP contribution in [0.5, 0.6) is 0 Å². The lowest BCUT2D eigenvalue weighted by atomic mass is 10.0. The van der Waals surface area contributed by atoms with E-state index in [1.54, 1.807) is 6.08 Å². The molecule has 1 N–H and O–H groups in total. The van der Waals surface area contributed by atoms with Crippen LogP contribution in [0.2, 0.25) is 0 Å². The molecular formula is C24H21N3O2S. The summed E-state index contributed by atoms with van der Waals surface area (Å²) in [6.45, 7) is 3.89. The molecule has 2 heterocycles. The Hall–Kier alpha value is -3.51. The average molecular weight is 416 g/mol. The lowest BCUT2D eigenvalue weighted by Gasteiger charge is -2.05. The van der Waals surface area contributed by atoms with E-state index in [2.05, 4.69) is 24.0 Å². The summed E-state index contributed by atoms with van der Waals surface area (Å²) in [5, 5.41) is 16.8. The van der Waals surface area contributed by atoms with Gasteiger partial charge in [-0.2, -0.15) is 5.10 Å². The van der Waals surface area contributed by atoms with Crippen molar-refractivity contribution in [1.29, 1.82) is 0 Å². The molecule has 0 saturated carbocycles. The molecular weight excluding hydrogens is 394 g/mol. The third kappa shape index (κ3) is 3.82. The van der Waals surface area contributed by atoms with E-state index < -0.39 is 5.97 Å². The Bertz CT molecular complexity index is 1210. The molecule has 4 rings (SSSR count). The zero-order valence-electron chi connectivity index (χ0n) is 16.7. The van der Waals surface area contributed by atoms with Crippen molar-refractivity contribution < 1.29 is 9.90 Å². The van der Waals surface area contributed by atoms with E-state index in [0.717, 1.165) is 28.1 Å². The molecule has 30 heavy (non-hydrogen) atoms. The molecule has 2 aromatic heterocycles. The topological polar surface area (TPSA) is 68.0 Å². The van der Waals surface area contributed by atoms with E-state index in [1.165, 1.54) is 11.3 Å². The molecule has 0 aliphatic carbocycles. The molecule has 0 bridgehead atoms. The number of aliphatic carboxylic acids is 1. The summed E-state index contributed by atoms with van der Waals surface area (Å²) in [6.07, 6.45) is 2.06. The van der Waals surface area contributed by atoms with Gasteiger partial charge in [0.25, 0.3) is 0 Å². The van der Waals surface area contributed by atoms with E-state index in [4.69, 9.17) is 5.10 Å². The second kappa shape index (κ2) is 8.47. The van der Waals surface area contributed by atoms with Crippen LogP contribution < -0.4 is 0 Å². The number of carboxylic acid groups (broad SMARTS) is 1. The molecule has 0 unspecified atom stereocenters. The van der Waals surface area contributed by atoms with Gasteiger partial charge in [0.05, 0.1) is 17.1 Å². The molecule has 150 valence electrons. The van der Waals surface area contributed by atoms with E-state index in [0.29, 0.717) is 22.8 Å². The van der Waals surface area contributed by atoms with Crippen molar-refractivity contribution in [3.63, 3.8) is 0 Å². The van der Waals surface area contributed by atoms with Gasteiger partial charge >= 0.3 is 5.97 Å². The zero-order chi connectivity index (χ0) is 21.1. The van der Waals surface area contributed by atoms with E-state index in [1.807, 2.05) is 65.5 Å².